The molecule has 0 unspecified atom stereocenters. The van der Waals surface area contributed by atoms with Crippen LogP contribution in [0.4, 0.5) is 17.1 Å². The van der Waals surface area contributed by atoms with Crippen LogP contribution in [0, 0.1) is 6.57 Å². The van der Waals surface area contributed by atoms with E-state index in [0.717, 1.165) is 0 Å². The Morgan fingerprint density at radius 1 is 0.741 bits per heavy atom. The number of carbonyl (C=O) groups excluding carboxylic acids is 2. The monoisotopic (exact) mass is 375 g/mol. The van der Waals surface area contributed by atoms with E-state index in [0.29, 0.717) is 33.2 Å². The molecule has 3 rings (SSSR count). The highest BCUT2D eigenvalue weighted by atomic mass is 35.5. The summed E-state index contributed by atoms with van der Waals surface area (Å²) in [6.07, 6.45) is 0. The van der Waals surface area contributed by atoms with Gasteiger partial charge in [0.2, 0.25) is 0 Å². The van der Waals surface area contributed by atoms with Gasteiger partial charge < -0.3 is 10.6 Å². The summed E-state index contributed by atoms with van der Waals surface area (Å²) in [6.45, 7) is 6.95. The van der Waals surface area contributed by atoms with Gasteiger partial charge in [0.15, 0.2) is 5.69 Å². The lowest BCUT2D eigenvalue weighted by Gasteiger charge is -2.12. The van der Waals surface area contributed by atoms with Crippen LogP contribution in [0.5, 0.6) is 0 Å². The number of para-hydroxylation sites is 2. The Morgan fingerprint density at radius 2 is 1.19 bits per heavy atom. The summed E-state index contributed by atoms with van der Waals surface area (Å²) >= 11 is 5.84. The first kappa shape index (κ1) is 18.2. The Morgan fingerprint density at radius 3 is 1.63 bits per heavy atom. The normalized spacial score (nSPS) is 9.93. The van der Waals surface area contributed by atoms with Gasteiger partial charge in [0.25, 0.3) is 11.8 Å². The molecule has 0 saturated heterocycles. The number of benzene rings is 3. The van der Waals surface area contributed by atoms with E-state index in [2.05, 4.69) is 15.5 Å². The number of hydrogen-bond acceptors (Lipinski definition) is 2. The predicted octanol–water partition coefficient (Wildman–Crippen LogP) is 5.40. The van der Waals surface area contributed by atoms with Crippen LogP contribution in [0.1, 0.15) is 20.7 Å². The zero-order chi connectivity index (χ0) is 19.2. The van der Waals surface area contributed by atoms with Gasteiger partial charge in [0.1, 0.15) is 0 Å². The fourth-order valence-corrected chi connectivity index (χ4v) is 2.50. The van der Waals surface area contributed by atoms with Crippen LogP contribution in [0.15, 0.2) is 72.8 Å². The summed E-state index contributed by atoms with van der Waals surface area (Å²) in [4.78, 5) is 28.2. The molecule has 0 aliphatic rings. The van der Waals surface area contributed by atoms with E-state index in [1.54, 1.807) is 72.8 Å². The third-order valence-electron chi connectivity index (χ3n) is 3.79. The van der Waals surface area contributed by atoms with Gasteiger partial charge in [-0.15, -0.1) is 0 Å². The smallest absolute Gasteiger partial charge is 0.255 e. The van der Waals surface area contributed by atoms with Gasteiger partial charge >= 0.3 is 0 Å². The molecular formula is C21H14ClN3O2. The molecule has 0 spiro atoms. The lowest BCUT2D eigenvalue weighted by Crippen LogP contribution is -2.16. The minimum atomic E-state index is -0.334. The average molecular weight is 376 g/mol. The maximum Gasteiger partial charge on any atom is 0.255 e. The first-order valence-electron chi connectivity index (χ1n) is 8.01. The van der Waals surface area contributed by atoms with Crippen LogP contribution >= 0.6 is 11.6 Å². The molecule has 0 heterocycles. The van der Waals surface area contributed by atoms with Gasteiger partial charge in [-0.05, 0) is 36.4 Å². The van der Waals surface area contributed by atoms with Crippen LogP contribution in [-0.4, -0.2) is 11.8 Å². The van der Waals surface area contributed by atoms with E-state index in [1.165, 1.54) is 0 Å². The van der Waals surface area contributed by atoms with Crippen LogP contribution < -0.4 is 10.6 Å². The lowest BCUT2D eigenvalue weighted by molar-refractivity contribution is 0.101. The second-order valence-corrected chi connectivity index (χ2v) is 6.06. The van der Waals surface area contributed by atoms with Crippen molar-refractivity contribution < 1.29 is 9.59 Å². The number of rotatable bonds is 4. The van der Waals surface area contributed by atoms with Crippen molar-refractivity contribution in [2.24, 2.45) is 0 Å². The minimum Gasteiger partial charge on any atom is -0.320 e. The highest BCUT2D eigenvalue weighted by molar-refractivity contribution is 6.30. The molecule has 0 saturated carbocycles. The van der Waals surface area contributed by atoms with E-state index < -0.39 is 0 Å². The topological polar surface area (TPSA) is 62.6 Å². The molecule has 6 heteroatoms. The molecule has 0 atom stereocenters. The summed E-state index contributed by atoms with van der Waals surface area (Å²) in [5, 5.41) is 6.11. The largest absolute Gasteiger partial charge is 0.320 e. The fourth-order valence-electron chi connectivity index (χ4n) is 2.38. The van der Waals surface area contributed by atoms with E-state index in [1.807, 2.05) is 0 Å². The van der Waals surface area contributed by atoms with Crippen LogP contribution in [0.3, 0.4) is 0 Å². The molecule has 0 bridgehead atoms. The van der Waals surface area contributed by atoms with Gasteiger partial charge in [0.05, 0.1) is 17.9 Å². The average Bonchev–Trinajstić information content (AvgIpc) is 2.70. The number of carbonyl (C=O) groups is 2. The third-order valence-corrected chi connectivity index (χ3v) is 4.04. The Bertz CT molecular complexity index is 1020. The zero-order valence-electron chi connectivity index (χ0n) is 14.1. The maximum absolute atomic E-state index is 12.4. The fraction of sp³-hybridized carbons (Fsp3) is 0. The minimum absolute atomic E-state index is 0.310. The number of halogens is 1. The summed E-state index contributed by atoms with van der Waals surface area (Å²) < 4.78 is 0. The van der Waals surface area contributed by atoms with Crippen LogP contribution in [-0.2, 0) is 0 Å². The van der Waals surface area contributed by atoms with Gasteiger partial charge in [-0.3, -0.25) is 9.59 Å². The number of amides is 2. The first-order valence-corrected chi connectivity index (χ1v) is 8.39. The lowest BCUT2D eigenvalue weighted by atomic mass is 10.1. The van der Waals surface area contributed by atoms with Crippen molar-refractivity contribution >= 4 is 40.5 Å². The van der Waals surface area contributed by atoms with Crippen molar-refractivity contribution in [3.05, 3.63) is 100 Å². The van der Waals surface area contributed by atoms with Gasteiger partial charge in [-0.25, -0.2) is 4.85 Å². The molecule has 132 valence electrons. The molecule has 0 fully saturated rings. The molecule has 2 N–H and O–H groups in total. The first-order chi connectivity index (χ1) is 13.1. The van der Waals surface area contributed by atoms with Crippen molar-refractivity contribution in [3.8, 4) is 0 Å². The van der Waals surface area contributed by atoms with Gasteiger partial charge in [-0.2, -0.15) is 0 Å². The standard InChI is InChI=1S/C21H14ClN3O2/c1-23-17-12-8-15(9-13-17)21(27)25-19-5-3-2-4-18(19)24-20(26)14-6-10-16(22)11-7-14/h2-13H,(H,24,26)(H,25,27). The second-order valence-electron chi connectivity index (χ2n) is 5.62. The van der Waals surface area contributed by atoms with Crippen LogP contribution in [0.25, 0.3) is 4.85 Å². The highest BCUT2D eigenvalue weighted by Gasteiger charge is 2.12. The molecule has 3 aromatic rings. The van der Waals surface area contributed by atoms with E-state index in [4.69, 9.17) is 18.2 Å². The molecule has 3 aromatic carbocycles. The number of hydrogen-bond donors (Lipinski definition) is 2. The van der Waals surface area contributed by atoms with Crippen molar-refractivity contribution in [1.29, 1.82) is 0 Å². The zero-order valence-corrected chi connectivity index (χ0v) is 14.8. The molecular weight excluding hydrogens is 362 g/mol. The van der Waals surface area contributed by atoms with Gasteiger partial charge in [0, 0.05) is 16.1 Å². The number of anilines is 2. The summed E-state index contributed by atoms with van der Waals surface area (Å²) in [5.74, 6) is -0.644. The second kappa shape index (κ2) is 8.17. The van der Waals surface area contributed by atoms with Gasteiger partial charge in [-0.1, -0.05) is 48.0 Å². The Kier molecular flexibility index (Phi) is 5.50. The molecule has 0 aliphatic carbocycles. The molecule has 5 nitrogen and oxygen atoms in total. The summed E-state index contributed by atoms with van der Waals surface area (Å²) in [6, 6.07) is 19.8. The van der Waals surface area contributed by atoms with Crippen molar-refractivity contribution in [2.75, 3.05) is 10.6 Å². The Labute approximate surface area is 161 Å². The molecule has 0 radical (unpaired) electrons. The predicted molar refractivity (Wildman–Crippen MR) is 107 cm³/mol. The third kappa shape index (κ3) is 4.51. The molecule has 0 aliphatic heterocycles. The molecule has 2 amide bonds. The maximum atomic E-state index is 12.4. The highest BCUT2D eigenvalue weighted by Crippen LogP contribution is 2.23. The van der Waals surface area contributed by atoms with E-state index in [9.17, 15) is 9.59 Å². The Balaban J connectivity index is 1.77. The van der Waals surface area contributed by atoms with E-state index >= 15 is 0 Å². The summed E-state index contributed by atoms with van der Waals surface area (Å²) in [7, 11) is 0. The Hall–Kier alpha value is -3.62. The van der Waals surface area contributed by atoms with Crippen molar-refractivity contribution in [1.82, 2.24) is 0 Å². The van der Waals surface area contributed by atoms with E-state index in [-0.39, 0.29) is 11.8 Å². The number of nitrogens with one attached hydrogen (secondary N) is 2. The SMILES string of the molecule is [C-]#[N+]c1ccc(C(=O)Nc2ccccc2NC(=O)c2ccc(Cl)cc2)cc1. The van der Waals surface area contributed by atoms with Crippen LogP contribution in [0.2, 0.25) is 5.02 Å². The molecule has 27 heavy (non-hydrogen) atoms. The number of nitrogens with zero attached hydrogens (tertiary/aromatic N) is 1. The van der Waals surface area contributed by atoms with Crippen molar-refractivity contribution in [3.63, 3.8) is 0 Å². The molecule has 0 aromatic heterocycles. The quantitative estimate of drug-likeness (QED) is 0.600. The van der Waals surface area contributed by atoms with Crippen molar-refractivity contribution in [2.45, 2.75) is 0 Å². The summed E-state index contributed by atoms with van der Waals surface area (Å²) in [5.41, 5.74) is 2.28.